The predicted octanol–water partition coefficient (Wildman–Crippen LogP) is 3.10. The van der Waals surface area contributed by atoms with Gasteiger partial charge in [-0.2, -0.15) is 0 Å². The Hall–Kier alpha value is -2.62. The predicted molar refractivity (Wildman–Crippen MR) is 85.0 cm³/mol. The lowest BCUT2D eigenvalue weighted by atomic mass is 10.1. The molecule has 114 valence electrons. The molecule has 2 rings (SSSR count). The minimum absolute atomic E-state index is 0.00414. The summed E-state index contributed by atoms with van der Waals surface area (Å²) in [6, 6.07) is 16.1. The normalized spacial score (nSPS) is 11.6. The highest BCUT2D eigenvalue weighted by Crippen LogP contribution is 2.24. The van der Waals surface area contributed by atoms with Crippen molar-refractivity contribution in [1.29, 1.82) is 0 Å². The summed E-state index contributed by atoms with van der Waals surface area (Å²) >= 11 is 0. The van der Waals surface area contributed by atoms with Crippen molar-refractivity contribution in [2.45, 2.75) is 13.0 Å². The van der Waals surface area contributed by atoms with Gasteiger partial charge in [-0.15, -0.1) is 0 Å². The number of amides is 1. The van der Waals surface area contributed by atoms with Crippen LogP contribution in [0.4, 0.5) is 0 Å². The zero-order valence-corrected chi connectivity index (χ0v) is 12.9. The maximum absolute atomic E-state index is 12.4. The Morgan fingerprint density at radius 2 is 1.55 bits per heavy atom. The van der Waals surface area contributed by atoms with E-state index in [0.717, 1.165) is 5.56 Å². The van der Waals surface area contributed by atoms with Gasteiger partial charge < -0.3 is 9.64 Å². The maximum Gasteiger partial charge on any atom is 0.267 e. The van der Waals surface area contributed by atoms with E-state index in [4.69, 9.17) is 4.74 Å². The fourth-order valence-corrected chi connectivity index (χ4v) is 2.03. The van der Waals surface area contributed by atoms with E-state index in [1.165, 1.54) is 11.8 Å². The number of hydrogen-bond donors (Lipinski definition) is 0. The quantitative estimate of drug-likeness (QED) is 0.797. The van der Waals surface area contributed by atoms with Gasteiger partial charge in [0.15, 0.2) is 5.78 Å². The second kappa shape index (κ2) is 6.89. The van der Waals surface area contributed by atoms with Crippen molar-refractivity contribution < 1.29 is 14.3 Å². The molecule has 0 unspecified atom stereocenters. The van der Waals surface area contributed by atoms with Crippen LogP contribution in [-0.4, -0.2) is 30.7 Å². The Kier molecular flexibility index (Phi) is 4.94. The smallest absolute Gasteiger partial charge is 0.267 e. The molecule has 0 aromatic heterocycles. The molecule has 0 fully saturated rings. The van der Waals surface area contributed by atoms with Crippen molar-refractivity contribution >= 4 is 11.7 Å². The molecule has 4 nitrogen and oxygen atoms in total. The average molecular weight is 297 g/mol. The molecule has 0 aliphatic carbocycles. The third-order valence-corrected chi connectivity index (χ3v) is 3.28. The van der Waals surface area contributed by atoms with E-state index < -0.39 is 6.10 Å². The standard InChI is InChI=1S/C18H19NO3/c1-13(20)14-9-11-16(12-10-14)22-17(18(21)19(2)3)15-7-5-4-6-8-15/h4-12,17H,1-3H3/t17-/m1/s1. The molecular weight excluding hydrogens is 278 g/mol. The van der Waals surface area contributed by atoms with Gasteiger partial charge in [-0.05, 0) is 31.2 Å². The van der Waals surface area contributed by atoms with Crippen molar-refractivity contribution in [2.75, 3.05) is 14.1 Å². The van der Waals surface area contributed by atoms with E-state index in [-0.39, 0.29) is 11.7 Å². The summed E-state index contributed by atoms with van der Waals surface area (Å²) in [6.45, 7) is 1.51. The number of likely N-dealkylation sites (N-methyl/N-ethyl adjacent to an activating group) is 1. The maximum atomic E-state index is 12.4. The number of benzene rings is 2. The minimum Gasteiger partial charge on any atom is -0.476 e. The number of carbonyl (C=O) groups excluding carboxylic acids is 2. The highest BCUT2D eigenvalue weighted by molar-refractivity contribution is 5.94. The van der Waals surface area contributed by atoms with Crippen LogP contribution in [0.15, 0.2) is 54.6 Å². The average Bonchev–Trinajstić information content (AvgIpc) is 2.53. The Balaban J connectivity index is 2.27. The first-order valence-electron chi connectivity index (χ1n) is 7.03. The van der Waals surface area contributed by atoms with E-state index in [1.54, 1.807) is 38.4 Å². The van der Waals surface area contributed by atoms with E-state index in [2.05, 4.69) is 0 Å². The Morgan fingerprint density at radius 1 is 0.955 bits per heavy atom. The van der Waals surface area contributed by atoms with Gasteiger partial charge in [0, 0.05) is 25.2 Å². The second-order valence-corrected chi connectivity index (χ2v) is 5.22. The van der Waals surface area contributed by atoms with Crippen molar-refractivity contribution in [1.82, 2.24) is 4.90 Å². The molecule has 0 spiro atoms. The van der Waals surface area contributed by atoms with Gasteiger partial charge in [0.2, 0.25) is 6.10 Å². The van der Waals surface area contributed by atoms with Gasteiger partial charge in [0.05, 0.1) is 0 Å². The number of hydrogen-bond acceptors (Lipinski definition) is 3. The minimum atomic E-state index is -0.709. The van der Waals surface area contributed by atoms with Crippen molar-refractivity contribution in [3.8, 4) is 5.75 Å². The van der Waals surface area contributed by atoms with Crippen LogP contribution in [0.3, 0.4) is 0 Å². The van der Waals surface area contributed by atoms with Crippen LogP contribution in [-0.2, 0) is 4.79 Å². The van der Waals surface area contributed by atoms with Gasteiger partial charge >= 0.3 is 0 Å². The highest BCUT2D eigenvalue weighted by Gasteiger charge is 2.24. The molecule has 1 atom stereocenters. The molecule has 0 saturated carbocycles. The van der Waals surface area contributed by atoms with E-state index >= 15 is 0 Å². The van der Waals surface area contributed by atoms with Crippen molar-refractivity contribution in [3.63, 3.8) is 0 Å². The van der Waals surface area contributed by atoms with Crippen LogP contribution in [0.1, 0.15) is 28.9 Å². The molecule has 4 heteroatoms. The Morgan fingerprint density at radius 3 is 2.05 bits per heavy atom. The summed E-state index contributed by atoms with van der Waals surface area (Å²) in [7, 11) is 3.39. The van der Waals surface area contributed by atoms with E-state index in [9.17, 15) is 9.59 Å². The number of Topliss-reactive ketones (excluding diaryl/α,β-unsaturated/α-hetero) is 1. The van der Waals surface area contributed by atoms with Gasteiger partial charge in [-0.1, -0.05) is 30.3 Å². The fourth-order valence-electron chi connectivity index (χ4n) is 2.03. The van der Waals surface area contributed by atoms with Crippen LogP contribution in [0.5, 0.6) is 5.75 Å². The summed E-state index contributed by atoms with van der Waals surface area (Å²) in [4.78, 5) is 25.2. The number of ketones is 1. The molecule has 0 bridgehead atoms. The van der Waals surface area contributed by atoms with Gasteiger partial charge in [0.25, 0.3) is 5.91 Å². The van der Waals surface area contributed by atoms with Gasteiger partial charge in [-0.3, -0.25) is 9.59 Å². The second-order valence-electron chi connectivity index (χ2n) is 5.22. The molecular formula is C18H19NO3. The van der Waals surface area contributed by atoms with Crippen LogP contribution in [0.25, 0.3) is 0 Å². The molecule has 0 aliphatic heterocycles. The number of carbonyl (C=O) groups is 2. The summed E-state index contributed by atoms with van der Waals surface area (Å²) < 4.78 is 5.86. The first-order valence-corrected chi connectivity index (χ1v) is 7.03. The number of ether oxygens (including phenoxy) is 1. The SMILES string of the molecule is CC(=O)c1ccc(O[C@@H](C(=O)N(C)C)c2ccccc2)cc1. The van der Waals surface area contributed by atoms with Gasteiger partial charge in [-0.25, -0.2) is 0 Å². The van der Waals surface area contributed by atoms with Crippen LogP contribution in [0, 0.1) is 0 Å². The third kappa shape index (κ3) is 3.73. The summed E-state index contributed by atoms with van der Waals surface area (Å²) in [6.07, 6.45) is -0.709. The topological polar surface area (TPSA) is 46.6 Å². The lowest BCUT2D eigenvalue weighted by molar-refractivity contribution is -0.136. The lowest BCUT2D eigenvalue weighted by Gasteiger charge is -2.22. The molecule has 0 aliphatic rings. The largest absolute Gasteiger partial charge is 0.476 e. The molecule has 0 saturated heterocycles. The van der Waals surface area contributed by atoms with E-state index in [0.29, 0.717) is 11.3 Å². The molecule has 22 heavy (non-hydrogen) atoms. The first kappa shape index (κ1) is 15.8. The molecule has 0 N–H and O–H groups in total. The zero-order valence-electron chi connectivity index (χ0n) is 12.9. The molecule has 2 aromatic rings. The molecule has 1 amide bonds. The van der Waals surface area contributed by atoms with Crippen LogP contribution in [0.2, 0.25) is 0 Å². The molecule has 0 radical (unpaired) electrons. The van der Waals surface area contributed by atoms with Crippen LogP contribution < -0.4 is 4.74 Å². The van der Waals surface area contributed by atoms with Crippen molar-refractivity contribution in [2.24, 2.45) is 0 Å². The summed E-state index contributed by atoms with van der Waals surface area (Å²) in [5, 5.41) is 0. The number of nitrogens with zero attached hydrogens (tertiary/aromatic N) is 1. The monoisotopic (exact) mass is 297 g/mol. The first-order chi connectivity index (χ1) is 10.5. The number of rotatable bonds is 5. The zero-order chi connectivity index (χ0) is 16.1. The van der Waals surface area contributed by atoms with Crippen molar-refractivity contribution in [3.05, 3.63) is 65.7 Å². The van der Waals surface area contributed by atoms with Crippen LogP contribution >= 0.6 is 0 Å². The Labute approximate surface area is 130 Å². The Bertz CT molecular complexity index is 648. The van der Waals surface area contributed by atoms with E-state index in [1.807, 2.05) is 30.3 Å². The molecule has 0 heterocycles. The molecule has 2 aromatic carbocycles. The summed E-state index contributed by atoms with van der Waals surface area (Å²) in [5.41, 5.74) is 1.40. The third-order valence-electron chi connectivity index (χ3n) is 3.28. The lowest BCUT2D eigenvalue weighted by Crippen LogP contribution is -2.31. The fraction of sp³-hybridized carbons (Fsp3) is 0.222. The highest BCUT2D eigenvalue weighted by atomic mass is 16.5. The van der Waals surface area contributed by atoms with Gasteiger partial charge in [0.1, 0.15) is 5.75 Å². The summed E-state index contributed by atoms with van der Waals surface area (Å²) in [5.74, 6) is 0.409.